The van der Waals surface area contributed by atoms with Gasteiger partial charge in [0.15, 0.2) is 0 Å². The molecule has 0 unspecified atom stereocenters. The third-order valence-electron chi connectivity index (χ3n) is 4.77. The summed E-state index contributed by atoms with van der Waals surface area (Å²) in [6.07, 6.45) is 1.52. The van der Waals surface area contributed by atoms with Crippen molar-refractivity contribution in [3.8, 4) is 0 Å². The predicted molar refractivity (Wildman–Crippen MR) is 117 cm³/mol. The molecule has 0 spiro atoms. The van der Waals surface area contributed by atoms with Gasteiger partial charge in [0.25, 0.3) is 0 Å². The van der Waals surface area contributed by atoms with E-state index in [0.717, 1.165) is 38.2 Å². The first kappa shape index (κ1) is 19.1. The van der Waals surface area contributed by atoms with Crippen molar-refractivity contribution in [2.45, 2.75) is 27.4 Å². The Morgan fingerprint density at radius 1 is 1.07 bits per heavy atom. The highest BCUT2D eigenvalue weighted by Crippen LogP contribution is 2.35. The standard InChI is InChI=1S/C23H21N3O2S/c1-14-9-10-15(2)18(11-14)26-21-19-16(3)20(29-22(19)25-13-24-21)23(27)28-12-17-7-5-4-6-8-17/h4-11,13H,12H2,1-3H3,(H,24,25,26). The quantitative estimate of drug-likeness (QED) is 0.432. The number of rotatable bonds is 5. The lowest BCUT2D eigenvalue weighted by Gasteiger charge is -2.11. The lowest BCUT2D eigenvalue weighted by atomic mass is 10.1. The van der Waals surface area contributed by atoms with Gasteiger partial charge >= 0.3 is 5.97 Å². The summed E-state index contributed by atoms with van der Waals surface area (Å²) in [5, 5.41) is 4.26. The zero-order chi connectivity index (χ0) is 20.4. The maximum atomic E-state index is 12.7. The summed E-state index contributed by atoms with van der Waals surface area (Å²) in [7, 11) is 0. The molecule has 4 rings (SSSR count). The van der Waals surface area contributed by atoms with E-state index in [2.05, 4.69) is 40.4 Å². The molecule has 0 saturated carbocycles. The number of thiophene rings is 1. The molecule has 4 aromatic rings. The number of nitrogens with zero attached hydrogens (tertiary/aromatic N) is 2. The molecular weight excluding hydrogens is 382 g/mol. The average molecular weight is 404 g/mol. The number of ether oxygens (including phenoxy) is 1. The van der Waals surface area contributed by atoms with Crippen molar-refractivity contribution in [1.29, 1.82) is 0 Å². The van der Waals surface area contributed by atoms with Crippen LogP contribution in [0.1, 0.15) is 31.9 Å². The molecule has 2 heterocycles. The lowest BCUT2D eigenvalue weighted by Crippen LogP contribution is -2.04. The third-order valence-corrected chi connectivity index (χ3v) is 5.95. The Labute approximate surface area is 173 Å². The molecule has 2 aromatic carbocycles. The van der Waals surface area contributed by atoms with E-state index in [1.807, 2.05) is 44.2 Å². The summed E-state index contributed by atoms with van der Waals surface area (Å²) >= 11 is 1.33. The summed E-state index contributed by atoms with van der Waals surface area (Å²) in [5.41, 5.74) is 5.06. The maximum absolute atomic E-state index is 12.7. The summed E-state index contributed by atoms with van der Waals surface area (Å²) < 4.78 is 5.52. The SMILES string of the molecule is Cc1ccc(C)c(Nc2ncnc3sc(C(=O)OCc4ccccc4)c(C)c23)c1. The summed E-state index contributed by atoms with van der Waals surface area (Å²) in [4.78, 5) is 22.8. The van der Waals surface area contributed by atoms with Crippen molar-refractivity contribution >= 4 is 39.0 Å². The van der Waals surface area contributed by atoms with Crippen LogP contribution < -0.4 is 5.32 Å². The Hall–Kier alpha value is -3.25. The van der Waals surface area contributed by atoms with E-state index >= 15 is 0 Å². The summed E-state index contributed by atoms with van der Waals surface area (Å²) in [6, 6.07) is 15.9. The number of hydrogen-bond acceptors (Lipinski definition) is 6. The first-order chi connectivity index (χ1) is 14.0. The fraction of sp³-hybridized carbons (Fsp3) is 0.174. The monoisotopic (exact) mass is 403 g/mol. The van der Waals surface area contributed by atoms with E-state index in [9.17, 15) is 4.79 Å². The molecule has 0 amide bonds. The van der Waals surface area contributed by atoms with E-state index in [-0.39, 0.29) is 12.6 Å². The van der Waals surface area contributed by atoms with Crippen LogP contribution in [0, 0.1) is 20.8 Å². The van der Waals surface area contributed by atoms with Crippen molar-refractivity contribution < 1.29 is 9.53 Å². The fourth-order valence-corrected chi connectivity index (χ4v) is 4.19. The van der Waals surface area contributed by atoms with Gasteiger partial charge in [-0.1, -0.05) is 42.5 Å². The molecule has 0 radical (unpaired) electrons. The first-order valence-corrected chi connectivity index (χ1v) is 10.1. The number of aryl methyl sites for hydroxylation is 3. The Morgan fingerprint density at radius 2 is 1.86 bits per heavy atom. The number of nitrogens with one attached hydrogen (secondary N) is 1. The predicted octanol–water partition coefficient (Wildman–Crippen LogP) is 5.72. The molecule has 1 N–H and O–H groups in total. The van der Waals surface area contributed by atoms with Crippen LogP contribution in [0.2, 0.25) is 0 Å². The third kappa shape index (κ3) is 3.98. The van der Waals surface area contributed by atoms with Crippen LogP contribution in [-0.2, 0) is 11.3 Å². The molecule has 0 aliphatic rings. The Kier molecular flexibility index (Phi) is 5.27. The second kappa shape index (κ2) is 8.01. The number of benzene rings is 2. The number of anilines is 2. The molecule has 0 aliphatic carbocycles. The van der Waals surface area contributed by atoms with Gasteiger partial charge in [0.05, 0.1) is 5.39 Å². The number of fused-ring (bicyclic) bond motifs is 1. The van der Waals surface area contributed by atoms with Gasteiger partial charge in [-0.25, -0.2) is 14.8 Å². The van der Waals surface area contributed by atoms with Crippen LogP contribution in [0.15, 0.2) is 54.9 Å². The van der Waals surface area contributed by atoms with E-state index in [0.29, 0.717) is 10.7 Å². The van der Waals surface area contributed by atoms with Crippen LogP contribution in [0.5, 0.6) is 0 Å². The van der Waals surface area contributed by atoms with Crippen molar-refractivity contribution in [2.24, 2.45) is 0 Å². The minimum atomic E-state index is -0.341. The molecule has 0 bridgehead atoms. The van der Waals surface area contributed by atoms with Gasteiger partial charge in [-0.05, 0) is 49.1 Å². The number of hydrogen-bond donors (Lipinski definition) is 1. The van der Waals surface area contributed by atoms with Crippen molar-refractivity contribution in [2.75, 3.05) is 5.32 Å². The molecule has 29 heavy (non-hydrogen) atoms. The van der Waals surface area contributed by atoms with E-state index in [1.165, 1.54) is 17.7 Å². The van der Waals surface area contributed by atoms with Gasteiger partial charge in [-0.3, -0.25) is 0 Å². The molecule has 0 atom stereocenters. The minimum absolute atomic E-state index is 0.243. The zero-order valence-electron chi connectivity index (χ0n) is 16.5. The largest absolute Gasteiger partial charge is 0.457 e. The van der Waals surface area contributed by atoms with Gasteiger partial charge in [0, 0.05) is 5.69 Å². The Morgan fingerprint density at radius 3 is 2.66 bits per heavy atom. The van der Waals surface area contributed by atoms with Gasteiger partial charge in [0.1, 0.15) is 28.5 Å². The highest BCUT2D eigenvalue weighted by molar-refractivity contribution is 7.20. The minimum Gasteiger partial charge on any atom is -0.457 e. The van der Waals surface area contributed by atoms with Crippen molar-refractivity contribution in [3.63, 3.8) is 0 Å². The lowest BCUT2D eigenvalue weighted by molar-refractivity contribution is 0.0478. The second-order valence-corrected chi connectivity index (χ2v) is 7.96. The first-order valence-electron chi connectivity index (χ1n) is 9.32. The number of carbonyl (C=O) groups is 1. The highest BCUT2D eigenvalue weighted by Gasteiger charge is 2.21. The zero-order valence-corrected chi connectivity index (χ0v) is 17.3. The van der Waals surface area contributed by atoms with Gasteiger partial charge in [0.2, 0.25) is 0 Å². The van der Waals surface area contributed by atoms with Gasteiger partial charge in [-0.15, -0.1) is 11.3 Å². The molecule has 0 saturated heterocycles. The molecule has 6 heteroatoms. The normalized spacial score (nSPS) is 10.9. The highest BCUT2D eigenvalue weighted by atomic mass is 32.1. The average Bonchev–Trinajstić information content (AvgIpc) is 3.07. The van der Waals surface area contributed by atoms with Crippen molar-refractivity contribution in [1.82, 2.24) is 9.97 Å². The van der Waals surface area contributed by atoms with Gasteiger partial charge in [-0.2, -0.15) is 0 Å². The van der Waals surface area contributed by atoms with Crippen molar-refractivity contribution in [3.05, 3.63) is 82.0 Å². The van der Waals surface area contributed by atoms with Crippen LogP contribution in [0.3, 0.4) is 0 Å². The Balaban J connectivity index is 1.64. The van der Waals surface area contributed by atoms with E-state index in [1.54, 1.807) is 0 Å². The second-order valence-electron chi connectivity index (χ2n) is 6.96. The number of aromatic nitrogens is 2. The summed E-state index contributed by atoms with van der Waals surface area (Å²) in [5.74, 6) is 0.353. The fourth-order valence-electron chi connectivity index (χ4n) is 3.15. The van der Waals surface area contributed by atoms with E-state index in [4.69, 9.17) is 4.74 Å². The molecule has 0 fully saturated rings. The molecule has 146 valence electrons. The number of esters is 1. The molecule has 5 nitrogen and oxygen atoms in total. The van der Waals surface area contributed by atoms with Crippen LogP contribution in [0.4, 0.5) is 11.5 Å². The van der Waals surface area contributed by atoms with Crippen LogP contribution in [0.25, 0.3) is 10.2 Å². The molecule has 2 aromatic heterocycles. The molecular formula is C23H21N3O2S. The van der Waals surface area contributed by atoms with Crippen LogP contribution >= 0.6 is 11.3 Å². The Bertz CT molecular complexity index is 1190. The topological polar surface area (TPSA) is 64.1 Å². The maximum Gasteiger partial charge on any atom is 0.349 e. The summed E-state index contributed by atoms with van der Waals surface area (Å²) in [6.45, 7) is 6.26. The number of carbonyl (C=O) groups excluding carboxylic acids is 1. The smallest absolute Gasteiger partial charge is 0.349 e. The molecule has 0 aliphatic heterocycles. The van der Waals surface area contributed by atoms with E-state index < -0.39 is 0 Å². The van der Waals surface area contributed by atoms with Gasteiger partial charge < -0.3 is 10.1 Å². The van der Waals surface area contributed by atoms with Crippen LogP contribution in [-0.4, -0.2) is 15.9 Å².